The maximum atomic E-state index is 5.44. The van der Waals surface area contributed by atoms with Gasteiger partial charge in [-0.1, -0.05) is 5.92 Å². The molecule has 0 N–H and O–H groups in total. The summed E-state index contributed by atoms with van der Waals surface area (Å²) in [5, 5.41) is 8.77. The predicted molar refractivity (Wildman–Crippen MR) is 114 cm³/mol. The predicted octanol–water partition coefficient (Wildman–Crippen LogP) is 1.85. The van der Waals surface area contributed by atoms with Crippen molar-refractivity contribution < 1.29 is 14.2 Å². The number of hydrogen-bond donors (Lipinski definition) is 0. The number of imidazole rings is 1. The fourth-order valence-electron chi connectivity index (χ4n) is 3.57. The average Bonchev–Trinajstić information content (AvgIpc) is 3.39. The number of hydrogen-bond acceptors (Lipinski definition) is 8. The molecule has 10 heteroatoms. The van der Waals surface area contributed by atoms with E-state index in [2.05, 4.69) is 37.0 Å². The van der Waals surface area contributed by atoms with E-state index in [0.29, 0.717) is 36.2 Å². The fraction of sp³-hybridized carbons (Fsp3) is 0.227. The summed E-state index contributed by atoms with van der Waals surface area (Å²) in [6.07, 6.45) is 5.00. The third-order valence-electron chi connectivity index (χ3n) is 5.12. The molecule has 10 nitrogen and oxygen atoms in total. The quantitative estimate of drug-likeness (QED) is 0.399. The Morgan fingerprint density at radius 1 is 1.00 bits per heavy atom. The van der Waals surface area contributed by atoms with Crippen LogP contribution in [0.15, 0.2) is 36.9 Å². The number of nitrogens with zero attached hydrogens (tertiary/aromatic N) is 7. The minimum Gasteiger partial charge on any atom is -0.497 e. The standard InChI is InChI=1S/C22H19N7O3/c1-30-12-20-26-27-21-16-8-15(31-2)5-7-18(16)29-13-25-17(19(29)11-28(20)21)6-4-14-9-23-22(32-3)24-10-14/h5,7-10,13H,11-12H2,1-3H3. The molecule has 0 bridgehead atoms. The lowest BCUT2D eigenvalue weighted by atomic mass is 10.1. The summed E-state index contributed by atoms with van der Waals surface area (Å²) >= 11 is 0. The third-order valence-corrected chi connectivity index (χ3v) is 5.12. The van der Waals surface area contributed by atoms with E-state index in [1.54, 1.807) is 32.9 Å². The van der Waals surface area contributed by atoms with Crippen LogP contribution in [0.4, 0.5) is 0 Å². The fourth-order valence-corrected chi connectivity index (χ4v) is 3.57. The van der Waals surface area contributed by atoms with Gasteiger partial charge < -0.3 is 18.8 Å². The number of methoxy groups -OCH3 is 3. The molecular weight excluding hydrogens is 410 g/mol. The van der Waals surface area contributed by atoms with Crippen molar-refractivity contribution in [2.75, 3.05) is 21.3 Å². The highest BCUT2D eigenvalue weighted by atomic mass is 16.5. The topological polar surface area (TPSA) is 102 Å². The van der Waals surface area contributed by atoms with Gasteiger partial charge in [-0.2, -0.15) is 0 Å². The lowest BCUT2D eigenvalue weighted by Crippen LogP contribution is -2.09. The second-order valence-corrected chi connectivity index (χ2v) is 6.96. The van der Waals surface area contributed by atoms with Crippen molar-refractivity contribution in [2.24, 2.45) is 0 Å². The largest absolute Gasteiger partial charge is 0.497 e. The Hall–Kier alpha value is -4.23. The Morgan fingerprint density at radius 3 is 2.59 bits per heavy atom. The van der Waals surface area contributed by atoms with Gasteiger partial charge in [-0.3, -0.25) is 4.57 Å². The van der Waals surface area contributed by atoms with E-state index in [4.69, 9.17) is 14.2 Å². The van der Waals surface area contributed by atoms with Crippen LogP contribution in [-0.2, 0) is 17.9 Å². The summed E-state index contributed by atoms with van der Waals surface area (Å²) in [6.45, 7) is 0.825. The van der Waals surface area contributed by atoms with Crippen LogP contribution in [0.3, 0.4) is 0 Å². The molecule has 0 fully saturated rings. The minimum absolute atomic E-state index is 0.296. The van der Waals surface area contributed by atoms with Crippen molar-refractivity contribution in [3.8, 4) is 40.7 Å². The van der Waals surface area contributed by atoms with Crippen molar-refractivity contribution >= 4 is 0 Å². The van der Waals surface area contributed by atoms with Crippen LogP contribution < -0.4 is 9.47 Å². The third kappa shape index (κ3) is 3.34. The molecule has 3 aromatic heterocycles. The zero-order valence-corrected chi connectivity index (χ0v) is 17.7. The molecule has 1 aliphatic rings. The van der Waals surface area contributed by atoms with E-state index in [9.17, 15) is 0 Å². The molecular formula is C22H19N7O3. The van der Waals surface area contributed by atoms with E-state index in [1.165, 1.54) is 7.11 Å². The summed E-state index contributed by atoms with van der Waals surface area (Å²) in [4.78, 5) is 12.8. The molecule has 0 saturated heterocycles. The van der Waals surface area contributed by atoms with Crippen LogP contribution in [0.2, 0.25) is 0 Å². The van der Waals surface area contributed by atoms with Gasteiger partial charge in [0.05, 0.1) is 37.7 Å². The Labute approximate surface area is 183 Å². The van der Waals surface area contributed by atoms with E-state index in [0.717, 1.165) is 28.5 Å². The van der Waals surface area contributed by atoms with Gasteiger partial charge in [0.2, 0.25) is 0 Å². The van der Waals surface area contributed by atoms with Crippen LogP contribution >= 0.6 is 0 Å². The zero-order valence-electron chi connectivity index (χ0n) is 17.7. The maximum Gasteiger partial charge on any atom is 0.316 e. The highest BCUT2D eigenvalue weighted by Gasteiger charge is 2.26. The van der Waals surface area contributed by atoms with Gasteiger partial charge in [0, 0.05) is 25.1 Å². The van der Waals surface area contributed by atoms with E-state index in [-0.39, 0.29) is 0 Å². The summed E-state index contributed by atoms with van der Waals surface area (Å²) < 4.78 is 19.8. The number of rotatable bonds is 4. The SMILES string of the molecule is COCc1nnc2n1Cc1c(C#Cc3cnc(OC)nc3)ncn1-c1ccc(OC)cc1-2. The van der Waals surface area contributed by atoms with Crippen LogP contribution in [0, 0.1) is 11.8 Å². The van der Waals surface area contributed by atoms with Gasteiger partial charge in [-0.25, -0.2) is 15.0 Å². The normalized spacial score (nSPS) is 11.5. The van der Waals surface area contributed by atoms with Crippen molar-refractivity contribution in [1.82, 2.24) is 34.3 Å². The molecule has 32 heavy (non-hydrogen) atoms. The summed E-state index contributed by atoms with van der Waals surface area (Å²) in [7, 11) is 4.79. The average molecular weight is 429 g/mol. The molecule has 0 saturated carbocycles. The number of aromatic nitrogens is 7. The number of ether oxygens (including phenoxy) is 3. The molecule has 0 unspecified atom stereocenters. The molecule has 0 radical (unpaired) electrons. The molecule has 0 amide bonds. The second-order valence-electron chi connectivity index (χ2n) is 6.96. The van der Waals surface area contributed by atoms with Gasteiger partial charge in [-0.05, 0) is 24.1 Å². The molecule has 4 heterocycles. The summed E-state index contributed by atoms with van der Waals surface area (Å²) in [5.41, 5.74) is 4.03. The van der Waals surface area contributed by atoms with Crippen molar-refractivity contribution in [2.45, 2.75) is 13.2 Å². The van der Waals surface area contributed by atoms with Crippen LogP contribution in [0.1, 0.15) is 22.8 Å². The van der Waals surface area contributed by atoms with E-state index >= 15 is 0 Å². The van der Waals surface area contributed by atoms with Gasteiger partial charge in [0.1, 0.15) is 24.4 Å². The lowest BCUT2D eigenvalue weighted by molar-refractivity contribution is 0.174. The molecule has 0 spiro atoms. The van der Waals surface area contributed by atoms with Gasteiger partial charge in [-0.15, -0.1) is 10.2 Å². The number of benzene rings is 1. The molecule has 0 atom stereocenters. The number of fused-ring (bicyclic) bond motifs is 5. The summed E-state index contributed by atoms with van der Waals surface area (Å²) in [5.74, 6) is 8.41. The molecule has 4 aromatic rings. The monoisotopic (exact) mass is 429 g/mol. The molecule has 1 aromatic carbocycles. The smallest absolute Gasteiger partial charge is 0.316 e. The first kappa shape index (κ1) is 19.7. The minimum atomic E-state index is 0.296. The Morgan fingerprint density at radius 2 is 1.84 bits per heavy atom. The maximum absolute atomic E-state index is 5.44. The van der Waals surface area contributed by atoms with Gasteiger partial charge in [0.15, 0.2) is 11.6 Å². The molecule has 160 valence electrons. The Kier molecular flexibility index (Phi) is 5.01. The van der Waals surface area contributed by atoms with Crippen molar-refractivity contribution in [3.63, 3.8) is 0 Å². The zero-order chi connectivity index (χ0) is 22.1. The van der Waals surface area contributed by atoms with Crippen LogP contribution in [-0.4, -0.2) is 55.6 Å². The second kappa shape index (κ2) is 8.13. The van der Waals surface area contributed by atoms with Gasteiger partial charge >= 0.3 is 6.01 Å². The Balaban J connectivity index is 1.64. The van der Waals surface area contributed by atoms with Crippen molar-refractivity contribution in [1.29, 1.82) is 0 Å². The highest BCUT2D eigenvalue weighted by molar-refractivity contribution is 5.71. The molecule has 5 rings (SSSR count). The highest BCUT2D eigenvalue weighted by Crippen LogP contribution is 2.34. The van der Waals surface area contributed by atoms with Crippen LogP contribution in [0.5, 0.6) is 11.8 Å². The summed E-state index contributed by atoms with van der Waals surface area (Å²) in [6, 6.07) is 6.13. The molecule has 1 aliphatic heterocycles. The first-order valence-corrected chi connectivity index (χ1v) is 9.76. The van der Waals surface area contributed by atoms with Gasteiger partial charge in [0.25, 0.3) is 0 Å². The Bertz CT molecular complexity index is 1350. The van der Waals surface area contributed by atoms with Crippen LogP contribution in [0.25, 0.3) is 17.1 Å². The lowest BCUT2D eigenvalue weighted by Gasteiger charge is -2.09. The first-order valence-electron chi connectivity index (χ1n) is 9.76. The van der Waals surface area contributed by atoms with E-state index in [1.807, 2.05) is 27.3 Å². The van der Waals surface area contributed by atoms with E-state index < -0.39 is 0 Å². The molecule has 0 aliphatic carbocycles. The van der Waals surface area contributed by atoms with Crippen molar-refractivity contribution in [3.05, 3.63) is 59.7 Å². The first-order chi connectivity index (χ1) is 15.7.